The Bertz CT molecular complexity index is 1390. The second kappa shape index (κ2) is 8.92. The highest BCUT2D eigenvalue weighted by atomic mass is 19.4. The SMILES string of the molecule is Nc1ncnn2c(-c3cccc(C(=O)N[C@@H]4CN(C(=O)C5CC(F)C5)C[C@@H]4F)c3F)cc(C(F)(F)F)c12. The van der Waals surface area contributed by atoms with Gasteiger partial charge in [0.05, 0.1) is 29.4 Å². The Kier molecular flexibility index (Phi) is 5.99. The van der Waals surface area contributed by atoms with Crippen molar-refractivity contribution >= 4 is 23.1 Å². The van der Waals surface area contributed by atoms with Crippen molar-refractivity contribution in [2.75, 3.05) is 18.8 Å². The summed E-state index contributed by atoms with van der Waals surface area (Å²) >= 11 is 0. The first kappa shape index (κ1) is 24.8. The third-order valence-electron chi connectivity index (χ3n) is 6.71. The quantitative estimate of drug-likeness (QED) is 0.509. The highest BCUT2D eigenvalue weighted by Crippen LogP contribution is 2.39. The molecule has 2 amide bonds. The van der Waals surface area contributed by atoms with E-state index in [-0.39, 0.29) is 37.2 Å². The highest BCUT2D eigenvalue weighted by Gasteiger charge is 2.43. The van der Waals surface area contributed by atoms with Crippen LogP contribution in [0, 0.1) is 11.7 Å². The van der Waals surface area contributed by atoms with Gasteiger partial charge in [-0.15, -0.1) is 0 Å². The van der Waals surface area contributed by atoms with Gasteiger partial charge in [-0.05, 0) is 31.0 Å². The zero-order valence-corrected chi connectivity index (χ0v) is 19.0. The Hall–Kier alpha value is -3.84. The van der Waals surface area contributed by atoms with Crippen LogP contribution < -0.4 is 11.1 Å². The number of nitrogens with zero attached hydrogens (tertiary/aromatic N) is 4. The van der Waals surface area contributed by atoms with E-state index in [0.717, 1.165) is 23.0 Å². The summed E-state index contributed by atoms with van der Waals surface area (Å²) < 4.78 is 84.8. The van der Waals surface area contributed by atoms with E-state index in [2.05, 4.69) is 15.4 Å². The number of nitrogens with two attached hydrogens (primary N) is 1. The summed E-state index contributed by atoms with van der Waals surface area (Å²) in [5.74, 6) is -3.57. The van der Waals surface area contributed by atoms with E-state index in [1.165, 1.54) is 11.0 Å². The summed E-state index contributed by atoms with van der Waals surface area (Å²) in [6.07, 6.45) is -6.49. The molecule has 0 bridgehead atoms. The van der Waals surface area contributed by atoms with Crippen LogP contribution in [0.3, 0.4) is 0 Å². The average molecular weight is 526 g/mol. The first-order valence-corrected chi connectivity index (χ1v) is 11.3. The molecule has 3 heterocycles. The number of fused-ring (bicyclic) bond motifs is 1. The van der Waals surface area contributed by atoms with Gasteiger partial charge >= 0.3 is 6.18 Å². The van der Waals surface area contributed by atoms with Crippen LogP contribution in [0.25, 0.3) is 16.8 Å². The maximum Gasteiger partial charge on any atom is 0.418 e. The Morgan fingerprint density at radius 1 is 1.14 bits per heavy atom. The number of nitrogens with one attached hydrogen (secondary N) is 1. The van der Waals surface area contributed by atoms with Crippen LogP contribution in [0.15, 0.2) is 30.6 Å². The summed E-state index contributed by atoms with van der Waals surface area (Å²) in [6, 6.07) is 3.03. The molecule has 1 aliphatic heterocycles. The van der Waals surface area contributed by atoms with Crippen molar-refractivity contribution in [3.05, 3.63) is 47.5 Å². The summed E-state index contributed by atoms with van der Waals surface area (Å²) in [5.41, 5.74) is 2.63. The number of alkyl halides is 5. The molecule has 0 spiro atoms. The summed E-state index contributed by atoms with van der Waals surface area (Å²) in [6.45, 7) is -0.466. The molecule has 196 valence electrons. The van der Waals surface area contributed by atoms with E-state index in [4.69, 9.17) is 5.73 Å². The van der Waals surface area contributed by atoms with Crippen molar-refractivity contribution < 1.29 is 35.9 Å². The number of aromatic nitrogens is 3. The Labute approximate surface area is 205 Å². The van der Waals surface area contributed by atoms with Gasteiger partial charge in [0.15, 0.2) is 5.82 Å². The van der Waals surface area contributed by atoms with Crippen molar-refractivity contribution in [2.45, 2.75) is 37.4 Å². The van der Waals surface area contributed by atoms with Gasteiger partial charge in [0.25, 0.3) is 5.91 Å². The predicted molar refractivity (Wildman–Crippen MR) is 118 cm³/mol. The Morgan fingerprint density at radius 2 is 1.86 bits per heavy atom. The van der Waals surface area contributed by atoms with Gasteiger partial charge < -0.3 is 16.0 Å². The number of likely N-dealkylation sites (tertiary alicyclic amines) is 1. The maximum atomic E-state index is 15.5. The minimum absolute atomic E-state index is 0.0718. The Morgan fingerprint density at radius 3 is 2.54 bits per heavy atom. The fourth-order valence-corrected chi connectivity index (χ4v) is 4.72. The molecule has 2 atom stereocenters. The van der Waals surface area contributed by atoms with Gasteiger partial charge in [-0.3, -0.25) is 9.59 Å². The molecule has 2 aromatic heterocycles. The highest BCUT2D eigenvalue weighted by molar-refractivity contribution is 5.96. The van der Waals surface area contributed by atoms with E-state index >= 15 is 4.39 Å². The molecule has 14 heteroatoms. The van der Waals surface area contributed by atoms with Gasteiger partial charge in [0, 0.05) is 18.0 Å². The standard InChI is InChI=1S/C23H20F6N6O2/c24-11-4-10(5-11)22(37)34-7-15(25)16(8-34)33-21(36)13-3-1-2-12(18(13)26)17-6-14(23(27,28)29)19-20(30)31-9-32-35(17)19/h1-3,6,9-11,15-16H,4-5,7-8H2,(H,33,36)(H2,30,31,32)/t10?,11?,15-,16+/m0/s1. The van der Waals surface area contributed by atoms with Crippen LogP contribution in [-0.2, 0) is 11.0 Å². The molecule has 3 aromatic rings. The lowest BCUT2D eigenvalue weighted by Gasteiger charge is -2.31. The van der Waals surface area contributed by atoms with Gasteiger partial charge in [-0.2, -0.15) is 18.3 Å². The molecule has 1 aliphatic carbocycles. The molecule has 5 rings (SSSR count). The normalized spacial score (nSPS) is 23.8. The van der Waals surface area contributed by atoms with Gasteiger partial charge in [-0.1, -0.05) is 6.07 Å². The predicted octanol–water partition coefficient (Wildman–Crippen LogP) is 3.16. The van der Waals surface area contributed by atoms with Crippen LogP contribution >= 0.6 is 0 Å². The second-order valence-electron chi connectivity index (χ2n) is 9.12. The van der Waals surface area contributed by atoms with E-state index in [0.29, 0.717) is 6.07 Å². The number of benzene rings is 1. The van der Waals surface area contributed by atoms with Gasteiger partial charge in [0.2, 0.25) is 5.91 Å². The zero-order chi connectivity index (χ0) is 26.6. The maximum absolute atomic E-state index is 15.5. The average Bonchev–Trinajstić information content (AvgIpc) is 3.38. The minimum Gasteiger partial charge on any atom is -0.382 e. The third kappa shape index (κ3) is 4.33. The topological polar surface area (TPSA) is 106 Å². The summed E-state index contributed by atoms with van der Waals surface area (Å²) in [4.78, 5) is 30.0. The van der Waals surface area contributed by atoms with Crippen molar-refractivity contribution in [3.63, 3.8) is 0 Å². The number of halogens is 6. The van der Waals surface area contributed by atoms with Crippen molar-refractivity contribution in [2.24, 2.45) is 5.92 Å². The fraction of sp³-hybridized carbons (Fsp3) is 0.391. The van der Waals surface area contributed by atoms with Crippen molar-refractivity contribution in [1.29, 1.82) is 0 Å². The zero-order valence-electron chi connectivity index (χ0n) is 19.0. The molecule has 1 saturated carbocycles. The lowest BCUT2D eigenvalue weighted by molar-refractivity contribution is -0.139. The first-order valence-electron chi connectivity index (χ1n) is 11.3. The number of hydrogen-bond acceptors (Lipinski definition) is 5. The smallest absolute Gasteiger partial charge is 0.382 e. The van der Waals surface area contributed by atoms with Crippen LogP contribution in [0.4, 0.5) is 32.2 Å². The molecular formula is C23H20F6N6O2. The molecule has 1 saturated heterocycles. The van der Waals surface area contributed by atoms with Gasteiger partial charge in [-0.25, -0.2) is 22.7 Å². The van der Waals surface area contributed by atoms with E-state index < -0.39 is 70.6 Å². The van der Waals surface area contributed by atoms with Crippen LogP contribution in [0.1, 0.15) is 28.8 Å². The van der Waals surface area contributed by atoms with Crippen LogP contribution in [0.2, 0.25) is 0 Å². The van der Waals surface area contributed by atoms with Crippen LogP contribution in [0.5, 0.6) is 0 Å². The van der Waals surface area contributed by atoms with E-state index in [9.17, 15) is 31.5 Å². The first-order chi connectivity index (χ1) is 17.5. The largest absolute Gasteiger partial charge is 0.418 e. The number of carbonyl (C=O) groups excluding carboxylic acids is 2. The van der Waals surface area contributed by atoms with Crippen molar-refractivity contribution in [1.82, 2.24) is 24.8 Å². The summed E-state index contributed by atoms with van der Waals surface area (Å²) in [5, 5.41) is 6.12. The number of anilines is 1. The molecule has 0 unspecified atom stereocenters. The number of hydrogen-bond donors (Lipinski definition) is 2. The molecule has 1 aromatic carbocycles. The fourth-order valence-electron chi connectivity index (χ4n) is 4.72. The minimum atomic E-state index is -4.85. The molecule has 2 aliphatic rings. The summed E-state index contributed by atoms with van der Waals surface area (Å²) in [7, 11) is 0. The van der Waals surface area contributed by atoms with Gasteiger partial charge in [0.1, 0.15) is 30.0 Å². The Balaban J connectivity index is 1.41. The lowest BCUT2D eigenvalue weighted by Crippen LogP contribution is -2.44. The molecule has 0 radical (unpaired) electrons. The number of nitrogen functional groups attached to an aromatic ring is 1. The number of carbonyl (C=O) groups is 2. The number of amides is 2. The lowest BCUT2D eigenvalue weighted by atomic mass is 9.82. The van der Waals surface area contributed by atoms with E-state index in [1.807, 2.05) is 0 Å². The second-order valence-corrected chi connectivity index (χ2v) is 9.12. The van der Waals surface area contributed by atoms with E-state index in [1.54, 1.807) is 0 Å². The molecule has 3 N–H and O–H groups in total. The molecule has 2 fully saturated rings. The van der Waals surface area contributed by atoms with Crippen molar-refractivity contribution in [3.8, 4) is 11.3 Å². The monoisotopic (exact) mass is 526 g/mol. The van der Waals surface area contributed by atoms with Crippen LogP contribution in [-0.4, -0.2) is 62.8 Å². The molecule has 37 heavy (non-hydrogen) atoms. The third-order valence-corrected chi connectivity index (χ3v) is 6.71. The molecular weight excluding hydrogens is 506 g/mol. The number of rotatable bonds is 4. The molecule has 8 nitrogen and oxygen atoms in total.